The number of ether oxygens (including phenoxy) is 1. The fraction of sp³-hybridized carbons (Fsp3) is 0.350. The molecular weight excluding hydrogens is 314 g/mol. The average molecular weight is 341 g/mol. The van der Waals surface area contributed by atoms with Gasteiger partial charge < -0.3 is 19.9 Å². The van der Waals surface area contributed by atoms with Gasteiger partial charge in [-0.15, -0.1) is 0 Å². The standard InChI is InChI=1S/C20H25N3O2/c1-2-22-12-14-23(15-13-22)16-20(24)21-17-8-10-19(11-9-17)25-18-6-4-3-5-7-18/h3-11H,2,12-16H2,1H3,(H,21,24)/p+2. The molecule has 2 aromatic carbocycles. The fourth-order valence-electron chi connectivity index (χ4n) is 3.15. The van der Waals surface area contributed by atoms with Crippen molar-refractivity contribution < 1.29 is 19.3 Å². The Morgan fingerprint density at radius 3 is 2.16 bits per heavy atom. The van der Waals surface area contributed by atoms with Gasteiger partial charge in [-0.2, -0.15) is 0 Å². The monoisotopic (exact) mass is 341 g/mol. The molecule has 0 atom stereocenters. The second-order valence-corrected chi connectivity index (χ2v) is 6.52. The molecule has 132 valence electrons. The summed E-state index contributed by atoms with van der Waals surface area (Å²) >= 11 is 0. The van der Waals surface area contributed by atoms with Gasteiger partial charge in [0.05, 0.1) is 6.54 Å². The van der Waals surface area contributed by atoms with Crippen molar-refractivity contribution in [2.45, 2.75) is 6.92 Å². The Bertz CT molecular complexity index is 665. The van der Waals surface area contributed by atoms with Crippen molar-refractivity contribution in [2.75, 3.05) is 44.6 Å². The molecule has 1 amide bonds. The maximum atomic E-state index is 12.2. The zero-order valence-corrected chi connectivity index (χ0v) is 14.8. The van der Waals surface area contributed by atoms with Crippen LogP contribution >= 0.6 is 0 Å². The number of likely N-dealkylation sites (N-methyl/N-ethyl adjacent to an activating group) is 1. The van der Waals surface area contributed by atoms with E-state index in [0.717, 1.165) is 43.4 Å². The van der Waals surface area contributed by atoms with Gasteiger partial charge in [-0.25, -0.2) is 0 Å². The van der Waals surface area contributed by atoms with Crippen LogP contribution in [0.4, 0.5) is 5.69 Å². The van der Waals surface area contributed by atoms with E-state index >= 15 is 0 Å². The minimum absolute atomic E-state index is 0.0756. The Balaban J connectivity index is 1.47. The number of para-hydroxylation sites is 1. The van der Waals surface area contributed by atoms with Gasteiger partial charge in [0.15, 0.2) is 6.54 Å². The minimum atomic E-state index is 0.0756. The summed E-state index contributed by atoms with van der Waals surface area (Å²) in [5.41, 5.74) is 0.808. The molecule has 3 rings (SSSR count). The van der Waals surface area contributed by atoms with E-state index < -0.39 is 0 Å². The summed E-state index contributed by atoms with van der Waals surface area (Å²) in [7, 11) is 0. The number of piperazine rings is 1. The second kappa shape index (κ2) is 8.65. The zero-order valence-electron chi connectivity index (χ0n) is 14.8. The summed E-state index contributed by atoms with van der Waals surface area (Å²) in [4.78, 5) is 15.2. The van der Waals surface area contributed by atoms with Crippen LogP contribution in [0.15, 0.2) is 54.6 Å². The second-order valence-electron chi connectivity index (χ2n) is 6.52. The number of hydrogen-bond donors (Lipinski definition) is 3. The van der Waals surface area contributed by atoms with Crippen LogP contribution in [-0.4, -0.2) is 45.2 Å². The predicted octanol–water partition coefficient (Wildman–Crippen LogP) is 0.221. The van der Waals surface area contributed by atoms with Crippen molar-refractivity contribution >= 4 is 11.6 Å². The van der Waals surface area contributed by atoms with Crippen LogP contribution in [0.1, 0.15) is 6.92 Å². The van der Waals surface area contributed by atoms with Gasteiger partial charge in [-0.3, -0.25) is 4.79 Å². The molecule has 0 unspecified atom stereocenters. The quantitative estimate of drug-likeness (QED) is 0.704. The number of hydrogen-bond acceptors (Lipinski definition) is 2. The van der Waals surface area contributed by atoms with Gasteiger partial charge in [0.2, 0.25) is 0 Å². The van der Waals surface area contributed by atoms with E-state index in [-0.39, 0.29) is 5.91 Å². The lowest BCUT2D eigenvalue weighted by atomic mass is 10.3. The Labute approximate surface area is 149 Å². The lowest BCUT2D eigenvalue weighted by Crippen LogP contribution is -3.28. The Morgan fingerprint density at radius 2 is 1.52 bits per heavy atom. The zero-order chi connectivity index (χ0) is 17.5. The largest absolute Gasteiger partial charge is 0.457 e. The molecule has 5 nitrogen and oxygen atoms in total. The molecule has 1 fully saturated rings. The van der Waals surface area contributed by atoms with Crippen LogP contribution in [0.25, 0.3) is 0 Å². The van der Waals surface area contributed by atoms with Gasteiger partial charge in [0.1, 0.15) is 37.7 Å². The van der Waals surface area contributed by atoms with Gasteiger partial charge in [0.25, 0.3) is 5.91 Å². The summed E-state index contributed by atoms with van der Waals surface area (Å²) in [6.45, 7) is 8.39. The Hall–Kier alpha value is -2.37. The van der Waals surface area contributed by atoms with Crippen molar-refractivity contribution in [3.63, 3.8) is 0 Å². The molecule has 25 heavy (non-hydrogen) atoms. The number of carbonyl (C=O) groups excluding carboxylic acids is 1. The molecule has 1 aliphatic heterocycles. The molecule has 1 heterocycles. The van der Waals surface area contributed by atoms with Crippen molar-refractivity contribution in [3.8, 4) is 11.5 Å². The first-order valence-electron chi connectivity index (χ1n) is 9.03. The number of anilines is 1. The SMILES string of the molecule is CC[NH+]1CC[NH+](CC(=O)Nc2ccc(Oc3ccccc3)cc2)CC1. The summed E-state index contributed by atoms with van der Waals surface area (Å²) < 4.78 is 5.76. The van der Waals surface area contributed by atoms with Crippen molar-refractivity contribution in [3.05, 3.63) is 54.6 Å². The fourth-order valence-corrected chi connectivity index (χ4v) is 3.15. The number of quaternary nitrogens is 2. The molecule has 0 aromatic heterocycles. The van der Waals surface area contributed by atoms with E-state index in [0.29, 0.717) is 6.54 Å². The average Bonchev–Trinajstić information content (AvgIpc) is 2.65. The first kappa shape index (κ1) is 17.5. The highest BCUT2D eigenvalue weighted by atomic mass is 16.5. The highest BCUT2D eigenvalue weighted by molar-refractivity contribution is 5.91. The number of rotatable bonds is 6. The van der Waals surface area contributed by atoms with Crippen LogP contribution in [0, 0.1) is 0 Å². The summed E-state index contributed by atoms with van der Waals surface area (Å²) in [6.07, 6.45) is 0. The lowest BCUT2D eigenvalue weighted by Gasteiger charge is -2.28. The molecule has 0 spiro atoms. The van der Waals surface area contributed by atoms with Crippen molar-refractivity contribution in [1.29, 1.82) is 0 Å². The minimum Gasteiger partial charge on any atom is -0.457 e. The van der Waals surface area contributed by atoms with E-state index in [4.69, 9.17) is 4.74 Å². The normalized spacial score (nSPS) is 20.0. The van der Waals surface area contributed by atoms with Gasteiger partial charge in [-0.05, 0) is 43.3 Å². The van der Waals surface area contributed by atoms with Crippen molar-refractivity contribution in [1.82, 2.24) is 0 Å². The molecule has 1 aliphatic rings. The van der Waals surface area contributed by atoms with Crippen LogP contribution in [-0.2, 0) is 4.79 Å². The summed E-state index contributed by atoms with van der Waals surface area (Å²) in [6, 6.07) is 17.2. The third-order valence-electron chi connectivity index (χ3n) is 4.69. The Kier molecular flexibility index (Phi) is 6.04. The topological polar surface area (TPSA) is 47.2 Å². The van der Waals surface area contributed by atoms with E-state index in [2.05, 4.69) is 12.2 Å². The number of benzene rings is 2. The molecule has 0 radical (unpaired) electrons. The molecule has 1 saturated heterocycles. The van der Waals surface area contributed by atoms with E-state index in [1.807, 2.05) is 54.6 Å². The van der Waals surface area contributed by atoms with E-state index in [1.54, 1.807) is 4.90 Å². The molecule has 0 bridgehead atoms. The van der Waals surface area contributed by atoms with E-state index in [1.165, 1.54) is 11.4 Å². The molecule has 5 heteroatoms. The van der Waals surface area contributed by atoms with Crippen LogP contribution < -0.4 is 19.9 Å². The van der Waals surface area contributed by atoms with Crippen molar-refractivity contribution in [2.24, 2.45) is 0 Å². The highest BCUT2D eigenvalue weighted by Crippen LogP contribution is 2.22. The number of nitrogens with one attached hydrogen (secondary N) is 3. The Morgan fingerprint density at radius 1 is 0.920 bits per heavy atom. The molecule has 3 N–H and O–H groups in total. The third kappa shape index (κ3) is 5.31. The molecule has 0 saturated carbocycles. The smallest absolute Gasteiger partial charge is 0.279 e. The summed E-state index contributed by atoms with van der Waals surface area (Å²) in [5.74, 6) is 1.64. The third-order valence-corrected chi connectivity index (χ3v) is 4.69. The molecular formula is C20H27N3O2+2. The van der Waals surface area contributed by atoms with Crippen LogP contribution in [0.3, 0.4) is 0 Å². The summed E-state index contributed by atoms with van der Waals surface area (Å²) in [5, 5.41) is 2.98. The van der Waals surface area contributed by atoms with Gasteiger partial charge >= 0.3 is 0 Å². The van der Waals surface area contributed by atoms with E-state index in [9.17, 15) is 4.79 Å². The van der Waals surface area contributed by atoms with Crippen LogP contribution in [0.2, 0.25) is 0 Å². The maximum Gasteiger partial charge on any atom is 0.279 e. The lowest BCUT2D eigenvalue weighted by molar-refractivity contribution is -1.01. The first-order valence-corrected chi connectivity index (χ1v) is 9.03. The first-order chi connectivity index (χ1) is 12.2. The molecule has 2 aromatic rings. The number of amides is 1. The van der Waals surface area contributed by atoms with Gasteiger partial charge in [0, 0.05) is 5.69 Å². The maximum absolute atomic E-state index is 12.2. The highest BCUT2D eigenvalue weighted by Gasteiger charge is 2.23. The van der Waals surface area contributed by atoms with Crippen LogP contribution in [0.5, 0.6) is 11.5 Å². The molecule has 0 aliphatic carbocycles. The predicted molar refractivity (Wildman–Crippen MR) is 98.4 cm³/mol. The number of carbonyl (C=O) groups is 1. The van der Waals surface area contributed by atoms with Gasteiger partial charge in [-0.1, -0.05) is 18.2 Å².